The van der Waals surface area contributed by atoms with E-state index in [2.05, 4.69) is 6.92 Å². The Balaban J connectivity index is 4.04. The summed E-state index contributed by atoms with van der Waals surface area (Å²) in [6.07, 6.45) is 1.99. The van der Waals surface area contributed by atoms with Gasteiger partial charge in [-0.15, -0.1) is 0 Å². The van der Waals surface area contributed by atoms with Gasteiger partial charge in [-0.05, 0) is 19.4 Å². The Kier molecular flexibility index (Phi) is 7.42. The number of nitrogens with zero attached hydrogens (tertiary/aromatic N) is 1. The fourth-order valence-corrected chi connectivity index (χ4v) is 1.51. The molecule has 0 aliphatic carbocycles. The SMILES string of the molecule is CCCN(CCC(=O)O)C(CC)CO. The van der Waals surface area contributed by atoms with Crippen molar-refractivity contribution in [3.8, 4) is 0 Å². The number of carboxylic acid groups (broad SMARTS) is 1. The maximum atomic E-state index is 10.4. The molecule has 0 aliphatic heterocycles. The van der Waals surface area contributed by atoms with Crippen LogP contribution in [0.25, 0.3) is 0 Å². The summed E-state index contributed by atoms with van der Waals surface area (Å²) in [5.74, 6) is -0.779. The van der Waals surface area contributed by atoms with Crippen LogP contribution >= 0.6 is 0 Å². The van der Waals surface area contributed by atoms with Gasteiger partial charge in [0.15, 0.2) is 0 Å². The predicted molar refractivity (Wildman–Crippen MR) is 55.3 cm³/mol. The van der Waals surface area contributed by atoms with Gasteiger partial charge in [-0.1, -0.05) is 13.8 Å². The summed E-state index contributed by atoms with van der Waals surface area (Å²) in [6.45, 7) is 5.55. The fourth-order valence-electron chi connectivity index (χ4n) is 1.51. The smallest absolute Gasteiger partial charge is 0.304 e. The quantitative estimate of drug-likeness (QED) is 0.616. The average Bonchev–Trinajstić information content (AvgIpc) is 2.15. The van der Waals surface area contributed by atoms with Crippen LogP contribution in [0.4, 0.5) is 0 Å². The Morgan fingerprint density at radius 3 is 2.36 bits per heavy atom. The molecule has 0 radical (unpaired) electrons. The third-order valence-corrected chi connectivity index (χ3v) is 2.32. The first-order valence-corrected chi connectivity index (χ1v) is 5.22. The van der Waals surface area contributed by atoms with Crippen molar-refractivity contribution in [3.63, 3.8) is 0 Å². The third kappa shape index (κ3) is 5.19. The molecular formula is C10H21NO3. The van der Waals surface area contributed by atoms with Gasteiger partial charge in [0, 0.05) is 12.6 Å². The Morgan fingerprint density at radius 2 is 2.00 bits per heavy atom. The molecule has 4 nitrogen and oxygen atoms in total. The van der Waals surface area contributed by atoms with Crippen molar-refractivity contribution in [1.82, 2.24) is 4.90 Å². The van der Waals surface area contributed by atoms with E-state index in [9.17, 15) is 4.79 Å². The first-order valence-electron chi connectivity index (χ1n) is 5.22. The summed E-state index contributed by atoms with van der Waals surface area (Å²) in [7, 11) is 0. The molecule has 0 aromatic rings. The number of aliphatic hydroxyl groups is 1. The summed E-state index contributed by atoms with van der Waals surface area (Å²) >= 11 is 0. The number of rotatable bonds is 8. The zero-order valence-electron chi connectivity index (χ0n) is 9.07. The van der Waals surface area contributed by atoms with Crippen LogP contribution in [0.3, 0.4) is 0 Å². The van der Waals surface area contributed by atoms with Crippen molar-refractivity contribution in [2.24, 2.45) is 0 Å². The number of carboxylic acids is 1. The normalized spacial score (nSPS) is 13.1. The zero-order valence-corrected chi connectivity index (χ0v) is 9.07. The van der Waals surface area contributed by atoms with E-state index in [-0.39, 0.29) is 19.1 Å². The van der Waals surface area contributed by atoms with Crippen molar-refractivity contribution < 1.29 is 15.0 Å². The van der Waals surface area contributed by atoms with Crippen molar-refractivity contribution in [1.29, 1.82) is 0 Å². The lowest BCUT2D eigenvalue weighted by atomic mass is 10.2. The maximum absolute atomic E-state index is 10.4. The van der Waals surface area contributed by atoms with Gasteiger partial charge in [-0.25, -0.2) is 0 Å². The monoisotopic (exact) mass is 203 g/mol. The molecule has 0 saturated heterocycles. The lowest BCUT2D eigenvalue weighted by Gasteiger charge is -2.28. The molecule has 0 aliphatic rings. The molecule has 0 aromatic carbocycles. The van der Waals surface area contributed by atoms with E-state index in [1.807, 2.05) is 11.8 Å². The van der Waals surface area contributed by atoms with Gasteiger partial charge < -0.3 is 10.2 Å². The topological polar surface area (TPSA) is 60.8 Å². The molecule has 0 heterocycles. The first kappa shape index (κ1) is 13.4. The van der Waals surface area contributed by atoms with Crippen LogP contribution in [0, 0.1) is 0 Å². The molecule has 1 atom stereocenters. The lowest BCUT2D eigenvalue weighted by Crippen LogP contribution is -2.39. The largest absolute Gasteiger partial charge is 0.481 e. The molecule has 0 fully saturated rings. The van der Waals surface area contributed by atoms with Gasteiger partial charge in [0.05, 0.1) is 13.0 Å². The lowest BCUT2D eigenvalue weighted by molar-refractivity contribution is -0.137. The first-order chi connectivity index (χ1) is 6.65. The number of aliphatic hydroxyl groups excluding tert-OH is 1. The highest BCUT2D eigenvalue weighted by atomic mass is 16.4. The molecule has 0 saturated carbocycles. The standard InChI is InChI=1S/C10H21NO3/c1-3-6-11(7-5-10(13)14)9(4-2)8-12/h9,12H,3-8H2,1-2H3,(H,13,14). The van der Waals surface area contributed by atoms with Gasteiger partial charge in [0.25, 0.3) is 0 Å². The van der Waals surface area contributed by atoms with Crippen molar-refractivity contribution >= 4 is 5.97 Å². The minimum absolute atomic E-state index is 0.106. The zero-order chi connectivity index (χ0) is 11.0. The van der Waals surface area contributed by atoms with E-state index < -0.39 is 5.97 Å². The summed E-state index contributed by atoms with van der Waals surface area (Å²) in [5, 5.41) is 17.7. The van der Waals surface area contributed by atoms with Gasteiger partial charge in [0.2, 0.25) is 0 Å². The summed E-state index contributed by atoms with van der Waals surface area (Å²) in [4.78, 5) is 12.5. The second-order valence-electron chi connectivity index (χ2n) is 3.42. The van der Waals surface area contributed by atoms with Crippen LogP contribution in [0.1, 0.15) is 33.1 Å². The van der Waals surface area contributed by atoms with E-state index in [0.29, 0.717) is 6.54 Å². The summed E-state index contributed by atoms with van der Waals surface area (Å²) in [5.41, 5.74) is 0. The van der Waals surface area contributed by atoms with E-state index in [1.165, 1.54) is 0 Å². The van der Waals surface area contributed by atoms with E-state index >= 15 is 0 Å². The highest BCUT2D eigenvalue weighted by Gasteiger charge is 2.15. The minimum Gasteiger partial charge on any atom is -0.481 e. The number of carbonyl (C=O) groups is 1. The van der Waals surface area contributed by atoms with E-state index in [4.69, 9.17) is 10.2 Å². The predicted octanol–water partition coefficient (Wildman–Crippen LogP) is 0.944. The number of hydrogen-bond donors (Lipinski definition) is 2. The summed E-state index contributed by atoms with van der Waals surface area (Å²) in [6, 6.07) is 0.106. The molecule has 0 bridgehead atoms. The number of hydrogen-bond acceptors (Lipinski definition) is 3. The third-order valence-electron chi connectivity index (χ3n) is 2.32. The van der Waals surface area contributed by atoms with Gasteiger partial charge in [-0.3, -0.25) is 9.69 Å². The van der Waals surface area contributed by atoms with Gasteiger partial charge in [-0.2, -0.15) is 0 Å². The van der Waals surface area contributed by atoms with Crippen molar-refractivity contribution in [3.05, 3.63) is 0 Å². The van der Waals surface area contributed by atoms with Crippen molar-refractivity contribution in [2.45, 2.75) is 39.2 Å². The van der Waals surface area contributed by atoms with Gasteiger partial charge in [0.1, 0.15) is 0 Å². The minimum atomic E-state index is -0.779. The van der Waals surface area contributed by atoms with Crippen LogP contribution in [0.15, 0.2) is 0 Å². The molecule has 0 spiro atoms. The van der Waals surface area contributed by atoms with Crippen LogP contribution < -0.4 is 0 Å². The van der Waals surface area contributed by atoms with E-state index in [0.717, 1.165) is 19.4 Å². The Labute approximate surface area is 85.5 Å². The molecular weight excluding hydrogens is 182 g/mol. The molecule has 4 heteroatoms. The Morgan fingerprint density at radius 1 is 1.36 bits per heavy atom. The molecule has 84 valence electrons. The van der Waals surface area contributed by atoms with Crippen molar-refractivity contribution in [2.75, 3.05) is 19.7 Å². The highest BCUT2D eigenvalue weighted by Crippen LogP contribution is 2.05. The molecule has 0 aromatic heterocycles. The maximum Gasteiger partial charge on any atom is 0.304 e. The molecule has 0 rings (SSSR count). The van der Waals surface area contributed by atoms with E-state index in [1.54, 1.807) is 0 Å². The average molecular weight is 203 g/mol. The van der Waals surface area contributed by atoms with Crippen LogP contribution in [0.5, 0.6) is 0 Å². The highest BCUT2D eigenvalue weighted by molar-refractivity contribution is 5.66. The fraction of sp³-hybridized carbons (Fsp3) is 0.900. The van der Waals surface area contributed by atoms with Crippen LogP contribution in [0.2, 0.25) is 0 Å². The number of aliphatic carboxylic acids is 1. The second-order valence-corrected chi connectivity index (χ2v) is 3.42. The van der Waals surface area contributed by atoms with Crippen LogP contribution in [-0.4, -0.2) is 46.8 Å². The molecule has 1 unspecified atom stereocenters. The molecule has 2 N–H and O–H groups in total. The molecule has 14 heavy (non-hydrogen) atoms. The Hall–Kier alpha value is -0.610. The van der Waals surface area contributed by atoms with Gasteiger partial charge >= 0.3 is 5.97 Å². The Bertz CT molecular complexity index is 157. The van der Waals surface area contributed by atoms with Crippen LogP contribution in [-0.2, 0) is 4.79 Å². The second kappa shape index (κ2) is 7.76. The summed E-state index contributed by atoms with van der Waals surface area (Å²) < 4.78 is 0. The molecule has 0 amide bonds.